The lowest BCUT2D eigenvalue weighted by atomic mass is 10.1. The Bertz CT molecular complexity index is 1300. The molecule has 2 heterocycles. The number of aryl methyl sites for hydroxylation is 1. The molecule has 0 unspecified atom stereocenters. The zero-order chi connectivity index (χ0) is 22.0. The maximum absolute atomic E-state index is 13.0. The van der Waals surface area contributed by atoms with E-state index in [1.807, 2.05) is 38.1 Å². The van der Waals surface area contributed by atoms with Gasteiger partial charge in [0.05, 0.1) is 5.75 Å². The lowest BCUT2D eigenvalue weighted by Crippen LogP contribution is -2.22. The first-order chi connectivity index (χ1) is 15.0. The van der Waals surface area contributed by atoms with Crippen LogP contribution >= 0.6 is 23.3 Å². The summed E-state index contributed by atoms with van der Waals surface area (Å²) < 4.78 is 19.6. The number of carbonyl (C=O) groups excluding carboxylic acids is 1. The van der Waals surface area contributed by atoms with Crippen molar-refractivity contribution >= 4 is 45.1 Å². The number of aromatic nitrogens is 3. The van der Waals surface area contributed by atoms with Crippen molar-refractivity contribution < 1.29 is 9.18 Å². The molecule has 0 bridgehead atoms. The molecule has 0 aliphatic heterocycles. The number of thioether (sulfide) groups is 1. The summed E-state index contributed by atoms with van der Waals surface area (Å²) in [6, 6.07) is 13.4. The Hall–Kier alpha value is -3.04. The topological polar surface area (TPSA) is 76.9 Å². The van der Waals surface area contributed by atoms with E-state index in [1.54, 1.807) is 4.57 Å². The van der Waals surface area contributed by atoms with Gasteiger partial charge in [0.15, 0.2) is 5.16 Å². The van der Waals surface area contributed by atoms with Crippen molar-refractivity contribution in [2.45, 2.75) is 25.5 Å². The van der Waals surface area contributed by atoms with Crippen molar-refractivity contribution in [3.63, 3.8) is 0 Å². The predicted octanol–water partition coefficient (Wildman–Crippen LogP) is 4.72. The monoisotopic (exact) mass is 454 g/mol. The van der Waals surface area contributed by atoms with E-state index >= 15 is 0 Å². The van der Waals surface area contributed by atoms with E-state index in [0.717, 1.165) is 22.7 Å². The molecule has 31 heavy (non-hydrogen) atoms. The Kier molecular flexibility index (Phi) is 6.15. The number of nitrogens with zero attached hydrogens (tertiary/aromatic N) is 3. The van der Waals surface area contributed by atoms with Crippen LogP contribution in [0.5, 0.6) is 0 Å². The number of fused-ring (bicyclic) bond motifs is 1. The van der Waals surface area contributed by atoms with E-state index in [4.69, 9.17) is 4.98 Å². The van der Waals surface area contributed by atoms with Gasteiger partial charge in [0.25, 0.3) is 5.56 Å². The van der Waals surface area contributed by atoms with E-state index in [9.17, 15) is 14.0 Å². The van der Waals surface area contributed by atoms with E-state index in [1.165, 1.54) is 36.0 Å². The van der Waals surface area contributed by atoms with Crippen LogP contribution in [0.1, 0.15) is 12.5 Å². The fourth-order valence-corrected chi connectivity index (χ4v) is 4.69. The van der Waals surface area contributed by atoms with Gasteiger partial charge in [-0.3, -0.25) is 14.2 Å². The second-order valence-corrected chi connectivity index (χ2v) is 8.58. The third-order valence-electron chi connectivity index (χ3n) is 4.65. The summed E-state index contributed by atoms with van der Waals surface area (Å²) in [6.07, 6.45) is 0. The molecule has 0 spiro atoms. The van der Waals surface area contributed by atoms with Crippen molar-refractivity contribution in [2.24, 2.45) is 0 Å². The van der Waals surface area contributed by atoms with Crippen molar-refractivity contribution in [1.82, 2.24) is 13.9 Å². The van der Waals surface area contributed by atoms with E-state index in [-0.39, 0.29) is 23.0 Å². The van der Waals surface area contributed by atoms with Crippen LogP contribution in [0.25, 0.3) is 21.5 Å². The number of halogens is 1. The molecule has 6 nitrogen and oxygen atoms in total. The van der Waals surface area contributed by atoms with Crippen molar-refractivity contribution in [3.05, 3.63) is 70.3 Å². The molecule has 0 radical (unpaired) electrons. The third kappa shape index (κ3) is 4.52. The van der Waals surface area contributed by atoms with Gasteiger partial charge in [-0.05, 0) is 49.6 Å². The van der Waals surface area contributed by atoms with Crippen LogP contribution < -0.4 is 10.9 Å². The molecule has 4 rings (SSSR count). The Balaban J connectivity index is 1.62. The second-order valence-electron chi connectivity index (χ2n) is 6.86. The van der Waals surface area contributed by atoms with Crippen LogP contribution in [0.3, 0.4) is 0 Å². The highest BCUT2D eigenvalue weighted by molar-refractivity contribution is 7.99. The van der Waals surface area contributed by atoms with Crippen molar-refractivity contribution in [1.29, 1.82) is 0 Å². The summed E-state index contributed by atoms with van der Waals surface area (Å²) in [7, 11) is 0. The highest BCUT2D eigenvalue weighted by atomic mass is 32.2. The fraction of sp³-hybridized carbons (Fsp3) is 0.182. The van der Waals surface area contributed by atoms with Gasteiger partial charge < -0.3 is 5.32 Å². The van der Waals surface area contributed by atoms with Gasteiger partial charge in [-0.25, -0.2) is 9.37 Å². The van der Waals surface area contributed by atoms with Gasteiger partial charge >= 0.3 is 0 Å². The first-order valence-corrected chi connectivity index (χ1v) is 11.4. The minimum Gasteiger partial charge on any atom is -0.325 e. The van der Waals surface area contributed by atoms with E-state index in [0.29, 0.717) is 33.3 Å². The Morgan fingerprint density at radius 2 is 1.87 bits per heavy atom. The number of rotatable bonds is 6. The zero-order valence-corrected chi connectivity index (χ0v) is 18.5. The molecule has 2 aromatic carbocycles. The molecule has 0 aliphatic carbocycles. The van der Waals surface area contributed by atoms with Gasteiger partial charge in [-0.15, -0.1) is 0 Å². The molecule has 9 heteroatoms. The standard InChI is InChI=1S/C22H19FN4O2S2/c1-3-27-21(29)20-19(18(26-31-20)14-6-4-13(2)5-7-14)25-22(27)30-12-17(28)24-16-10-8-15(23)9-11-16/h4-11H,3,12H2,1-2H3,(H,24,28). The van der Waals surface area contributed by atoms with Gasteiger partial charge in [-0.1, -0.05) is 41.6 Å². The predicted molar refractivity (Wildman–Crippen MR) is 123 cm³/mol. The van der Waals surface area contributed by atoms with Crippen LogP contribution in [0.2, 0.25) is 0 Å². The van der Waals surface area contributed by atoms with E-state index < -0.39 is 0 Å². The Morgan fingerprint density at radius 1 is 1.16 bits per heavy atom. The minimum absolute atomic E-state index is 0.0623. The Morgan fingerprint density at radius 3 is 2.55 bits per heavy atom. The summed E-state index contributed by atoms with van der Waals surface area (Å²) in [6.45, 7) is 4.30. The fourth-order valence-electron chi connectivity index (χ4n) is 3.05. The van der Waals surface area contributed by atoms with Gasteiger partial charge in [0, 0.05) is 17.8 Å². The largest absolute Gasteiger partial charge is 0.325 e. The molecule has 0 saturated carbocycles. The number of amides is 1. The summed E-state index contributed by atoms with van der Waals surface area (Å²) in [4.78, 5) is 30.0. The molecule has 2 aromatic heterocycles. The smallest absolute Gasteiger partial charge is 0.273 e. The molecule has 0 atom stereocenters. The lowest BCUT2D eigenvalue weighted by Gasteiger charge is -2.10. The Labute approximate surface area is 186 Å². The van der Waals surface area contributed by atoms with E-state index in [2.05, 4.69) is 9.69 Å². The van der Waals surface area contributed by atoms with Crippen molar-refractivity contribution in [2.75, 3.05) is 11.1 Å². The normalized spacial score (nSPS) is 11.1. The molecule has 0 fully saturated rings. The first-order valence-electron chi connectivity index (χ1n) is 9.61. The van der Waals surface area contributed by atoms with Gasteiger partial charge in [-0.2, -0.15) is 4.37 Å². The summed E-state index contributed by atoms with van der Waals surface area (Å²) >= 11 is 2.32. The molecule has 1 amide bonds. The number of anilines is 1. The average molecular weight is 455 g/mol. The highest BCUT2D eigenvalue weighted by Crippen LogP contribution is 2.29. The third-order valence-corrected chi connectivity index (χ3v) is 6.45. The lowest BCUT2D eigenvalue weighted by molar-refractivity contribution is -0.113. The van der Waals surface area contributed by atoms with Crippen molar-refractivity contribution in [3.8, 4) is 11.3 Å². The molecular formula is C22H19FN4O2S2. The average Bonchev–Trinajstić information content (AvgIpc) is 3.19. The number of hydrogen-bond acceptors (Lipinski definition) is 6. The number of carbonyl (C=O) groups is 1. The number of hydrogen-bond donors (Lipinski definition) is 1. The first kappa shape index (κ1) is 21.2. The van der Waals surface area contributed by atoms with Gasteiger partial charge in [0.1, 0.15) is 21.7 Å². The highest BCUT2D eigenvalue weighted by Gasteiger charge is 2.18. The molecule has 158 valence electrons. The molecule has 4 aromatic rings. The van der Waals surface area contributed by atoms with Crippen LogP contribution in [0, 0.1) is 12.7 Å². The van der Waals surface area contributed by atoms with Crippen LogP contribution in [-0.2, 0) is 11.3 Å². The number of benzene rings is 2. The van der Waals surface area contributed by atoms with Crippen LogP contribution in [0.15, 0.2) is 58.5 Å². The molecule has 1 N–H and O–H groups in total. The summed E-state index contributed by atoms with van der Waals surface area (Å²) in [5.41, 5.74) is 3.58. The zero-order valence-electron chi connectivity index (χ0n) is 16.9. The SMILES string of the molecule is CCn1c(SCC(=O)Nc2ccc(F)cc2)nc2c(-c3ccc(C)cc3)nsc2c1=O. The molecule has 0 saturated heterocycles. The molecular weight excluding hydrogens is 435 g/mol. The van der Waals surface area contributed by atoms with Crippen LogP contribution in [0.4, 0.5) is 10.1 Å². The molecule has 0 aliphatic rings. The van der Waals surface area contributed by atoms with Gasteiger partial charge in [0.2, 0.25) is 5.91 Å². The van der Waals surface area contributed by atoms with Crippen LogP contribution in [-0.4, -0.2) is 25.6 Å². The maximum atomic E-state index is 13.0. The quantitative estimate of drug-likeness (QED) is 0.337. The summed E-state index contributed by atoms with van der Waals surface area (Å²) in [5, 5.41) is 3.18. The summed E-state index contributed by atoms with van der Waals surface area (Å²) in [5.74, 6) is -0.575. The minimum atomic E-state index is -0.370. The maximum Gasteiger partial charge on any atom is 0.273 e. The second kappa shape index (κ2) is 8.99. The number of nitrogens with one attached hydrogen (secondary N) is 1.